The number of pyridine rings is 1. The van der Waals surface area contributed by atoms with Crippen molar-refractivity contribution in [1.82, 2.24) is 9.88 Å². The molecule has 1 aliphatic heterocycles. The summed E-state index contributed by atoms with van der Waals surface area (Å²) >= 11 is 0. The van der Waals surface area contributed by atoms with Gasteiger partial charge in [-0.1, -0.05) is 12.1 Å². The lowest BCUT2D eigenvalue weighted by Crippen LogP contribution is -2.45. The van der Waals surface area contributed by atoms with Crippen LogP contribution in [0.25, 0.3) is 0 Å². The molecule has 2 aromatic rings. The largest absolute Gasteiger partial charge is 0.380 e. The van der Waals surface area contributed by atoms with Crippen LogP contribution in [0.5, 0.6) is 0 Å². The van der Waals surface area contributed by atoms with Crippen LogP contribution in [-0.2, 0) is 0 Å². The monoisotopic (exact) mass is 323 g/mol. The topological polar surface area (TPSA) is 62.3 Å². The summed E-state index contributed by atoms with van der Waals surface area (Å²) in [5.74, 6) is 0.0478. The van der Waals surface area contributed by atoms with E-state index in [2.05, 4.69) is 10.3 Å². The highest BCUT2D eigenvalue weighted by Crippen LogP contribution is 2.21. The molecule has 3 rings (SSSR count). The van der Waals surface area contributed by atoms with E-state index in [9.17, 15) is 9.59 Å². The molecule has 1 saturated heterocycles. The zero-order valence-electron chi connectivity index (χ0n) is 13.7. The predicted molar refractivity (Wildman–Crippen MR) is 93.2 cm³/mol. The second kappa shape index (κ2) is 7.25. The number of nitrogens with one attached hydrogen (secondary N) is 1. The molecule has 2 heterocycles. The van der Waals surface area contributed by atoms with Crippen molar-refractivity contribution in [3.8, 4) is 0 Å². The summed E-state index contributed by atoms with van der Waals surface area (Å²) in [5, 5.41) is 3.44. The van der Waals surface area contributed by atoms with Crippen molar-refractivity contribution in [3.63, 3.8) is 0 Å². The van der Waals surface area contributed by atoms with Crippen LogP contribution < -0.4 is 5.32 Å². The molecule has 0 bridgehead atoms. The van der Waals surface area contributed by atoms with Crippen LogP contribution in [0.2, 0.25) is 0 Å². The number of carbonyl (C=O) groups excluding carboxylic acids is 2. The Bertz CT molecular complexity index is 730. The van der Waals surface area contributed by atoms with Gasteiger partial charge in [0.2, 0.25) is 0 Å². The fourth-order valence-corrected chi connectivity index (χ4v) is 3.09. The SMILES string of the molecule is CC(=O)c1ccccc1NC1CCCN(C(=O)c2cccnc2)C1. The molecule has 1 unspecified atom stereocenters. The minimum atomic E-state index is 0.00875. The van der Waals surface area contributed by atoms with Crippen molar-refractivity contribution in [2.24, 2.45) is 0 Å². The number of para-hydroxylation sites is 1. The molecule has 5 nitrogen and oxygen atoms in total. The van der Waals surface area contributed by atoms with Crippen molar-refractivity contribution >= 4 is 17.4 Å². The average molecular weight is 323 g/mol. The van der Waals surface area contributed by atoms with Crippen LogP contribution in [0, 0.1) is 0 Å². The van der Waals surface area contributed by atoms with E-state index in [0.717, 1.165) is 25.1 Å². The van der Waals surface area contributed by atoms with Gasteiger partial charge in [0.1, 0.15) is 0 Å². The van der Waals surface area contributed by atoms with Gasteiger partial charge in [0.25, 0.3) is 5.91 Å². The number of likely N-dealkylation sites (tertiary alicyclic amines) is 1. The quantitative estimate of drug-likeness (QED) is 0.879. The molecule has 0 radical (unpaired) electrons. The number of benzene rings is 1. The van der Waals surface area contributed by atoms with Crippen molar-refractivity contribution in [1.29, 1.82) is 0 Å². The zero-order chi connectivity index (χ0) is 16.9. The molecule has 1 aromatic heterocycles. The lowest BCUT2D eigenvalue weighted by Gasteiger charge is -2.34. The fourth-order valence-electron chi connectivity index (χ4n) is 3.09. The Morgan fingerprint density at radius 2 is 2.04 bits per heavy atom. The third kappa shape index (κ3) is 3.62. The van der Waals surface area contributed by atoms with Crippen LogP contribution in [0.3, 0.4) is 0 Å². The van der Waals surface area contributed by atoms with Gasteiger partial charge in [-0.2, -0.15) is 0 Å². The summed E-state index contributed by atoms with van der Waals surface area (Å²) in [6.45, 7) is 2.94. The molecular weight excluding hydrogens is 302 g/mol. The molecule has 0 aliphatic carbocycles. The number of hydrogen-bond acceptors (Lipinski definition) is 4. The van der Waals surface area contributed by atoms with Crippen LogP contribution >= 0.6 is 0 Å². The maximum atomic E-state index is 12.6. The van der Waals surface area contributed by atoms with Gasteiger partial charge < -0.3 is 10.2 Å². The Kier molecular flexibility index (Phi) is 4.89. The molecule has 1 aliphatic rings. The Balaban J connectivity index is 1.70. The standard InChI is InChI=1S/C19H21N3O2/c1-14(23)17-8-2-3-9-18(17)21-16-7-5-11-22(13-16)19(24)15-6-4-10-20-12-15/h2-4,6,8-10,12,16,21H,5,7,11,13H2,1H3. The van der Waals surface area contributed by atoms with Crippen molar-refractivity contribution < 1.29 is 9.59 Å². The first-order valence-corrected chi connectivity index (χ1v) is 8.21. The summed E-state index contributed by atoms with van der Waals surface area (Å²) in [5.41, 5.74) is 2.14. The van der Waals surface area contributed by atoms with Gasteiger partial charge in [0.15, 0.2) is 5.78 Å². The second-order valence-electron chi connectivity index (χ2n) is 6.08. The van der Waals surface area contributed by atoms with E-state index in [0.29, 0.717) is 17.7 Å². The first-order chi connectivity index (χ1) is 11.6. The molecule has 1 N–H and O–H groups in total. The van der Waals surface area contributed by atoms with Gasteiger partial charge in [-0.15, -0.1) is 0 Å². The predicted octanol–water partition coefficient (Wildman–Crippen LogP) is 3.00. The van der Waals surface area contributed by atoms with Crippen LogP contribution in [0.1, 0.15) is 40.5 Å². The molecule has 1 atom stereocenters. The van der Waals surface area contributed by atoms with E-state index in [1.807, 2.05) is 29.2 Å². The minimum Gasteiger partial charge on any atom is -0.380 e. The number of piperidine rings is 1. The molecule has 1 fully saturated rings. The number of carbonyl (C=O) groups is 2. The highest BCUT2D eigenvalue weighted by molar-refractivity contribution is 5.99. The summed E-state index contributed by atoms with van der Waals surface area (Å²) in [6, 6.07) is 11.2. The maximum absolute atomic E-state index is 12.6. The van der Waals surface area contributed by atoms with Gasteiger partial charge >= 0.3 is 0 Å². The number of hydrogen-bond donors (Lipinski definition) is 1. The number of rotatable bonds is 4. The third-order valence-electron chi connectivity index (χ3n) is 4.28. The van der Waals surface area contributed by atoms with Gasteiger partial charge in [-0.3, -0.25) is 14.6 Å². The first-order valence-electron chi connectivity index (χ1n) is 8.21. The van der Waals surface area contributed by atoms with Crippen molar-refractivity contribution in [2.45, 2.75) is 25.8 Å². The number of nitrogens with zero attached hydrogens (tertiary/aromatic N) is 2. The van der Waals surface area contributed by atoms with E-state index >= 15 is 0 Å². The molecule has 124 valence electrons. The number of amides is 1. The van der Waals surface area contributed by atoms with E-state index < -0.39 is 0 Å². The van der Waals surface area contributed by atoms with Crippen LogP contribution in [-0.4, -0.2) is 40.7 Å². The van der Waals surface area contributed by atoms with Gasteiger partial charge in [0.05, 0.1) is 5.56 Å². The van der Waals surface area contributed by atoms with E-state index in [1.54, 1.807) is 31.5 Å². The number of aromatic nitrogens is 1. The van der Waals surface area contributed by atoms with Crippen molar-refractivity contribution in [2.75, 3.05) is 18.4 Å². The minimum absolute atomic E-state index is 0.00875. The molecule has 0 spiro atoms. The van der Waals surface area contributed by atoms with Gasteiger partial charge in [-0.05, 0) is 44.0 Å². The second-order valence-corrected chi connectivity index (χ2v) is 6.08. The van der Waals surface area contributed by atoms with Crippen LogP contribution in [0.15, 0.2) is 48.8 Å². The maximum Gasteiger partial charge on any atom is 0.255 e. The Hall–Kier alpha value is -2.69. The lowest BCUT2D eigenvalue weighted by atomic mass is 10.0. The molecular formula is C19H21N3O2. The number of Topliss-reactive ketones (excluding diaryl/α,β-unsaturated/α-hetero) is 1. The summed E-state index contributed by atoms with van der Waals surface area (Å²) in [4.78, 5) is 30.2. The molecule has 0 saturated carbocycles. The van der Waals surface area contributed by atoms with Crippen molar-refractivity contribution in [3.05, 3.63) is 59.9 Å². The smallest absolute Gasteiger partial charge is 0.255 e. The molecule has 5 heteroatoms. The Morgan fingerprint density at radius 1 is 1.21 bits per heavy atom. The Morgan fingerprint density at radius 3 is 2.79 bits per heavy atom. The zero-order valence-corrected chi connectivity index (χ0v) is 13.7. The first kappa shape index (κ1) is 16.2. The lowest BCUT2D eigenvalue weighted by molar-refractivity contribution is 0.0714. The van der Waals surface area contributed by atoms with E-state index in [4.69, 9.17) is 0 Å². The third-order valence-corrected chi connectivity index (χ3v) is 4.28. The van der Waals surface area contributed by atoms with Gasteiger partial charge in [-0.25, -0.2) is 0 Å². The summed E-state index contributed by atoms with van der Waals surface area (Å²) in [6.07, 6.45) is 5.18. The Labute approximate surface area is 141 Å². The molecule has 1 aromatic carbocycles. The highest BCUT2D eigenvalue weighted by atomic mass is 16.2. The van der Waals surface area contributed by atoms with Crippen LogP contribution in [0.4, 0.5) is 5.69 Å². The summed E-state index contributed by atoms with van der Waals surface area (Å²) in [7, 11) is 0. The van der Waals surface area contributed by atoms with Gasteiger partial charge in [0, 0.05) is 42.8 Å². The molecule has 24 heavy (non-hydrogen) atoms. The average Bonchev–Trinajstić information content (AvgIpc) is 2.62. The molecule has 1 amide bonds. The normalized spacial score (nSPS) is 17.4. The summed E-state index contributed by atoms with van der Waals surface area (Å²) < 4.78 is 0. The van der Waals surface area contributed by atoms with E-state index in [1.165, 1.54) is 0 Å². The highest BCUT2D eigenvalue weighted by Gasteiger charge is 2.25. The van der Waals surface area contributed by atoms with E-state index in [-0.39, 0.29) is 17.7 Å². The fraction of sp³-hybridized carbons (Fsp3) is 0.316. The number of anilines is 1. The number of ketones is 1.